The van der Waals surface area contributed by atoms with Crippen LogP contribution >= 0.6 is 35.0 Å². The smallest absolute Gasteiger partial charge is 0.322 e. The first-order valence-electron chi connectivity index (χ1n) is 6.17. The monoisotopic (exact) mass is 381 g/mol. The third-order valence-electron chi connectivity index (χ3n) is 3.11. The van der Waals surface area contributed by atoms with Crippen LogP contribution in [-0.2, 0) is 19.0 Å². The molecule has 0 aliphatic heterocycles. The number of aromatic nitrogens is 5. The van der Waals surface area contributed by atoms with Gasteiger partial charge in [0.05, 0.1) is 22.5 Å². The summed E-state index contributed by atoms with van der Waals surface area (Å²) < 4.78 is 41.6. The zero-order valence-corrected chi connectivity index (χ0v) is 13.8. The number of alkyl halides is 3. The van der Waals surface area contributed by atoms with Gasteiger partial charge >= 0.3 is 6.18 Å². The Morgan fingerprint density at radius 2 is 2.00 bits per heavy atom. The van der Waals surface area contributed by atoms with E-state index in [9.17, 15) is 13.2 Å². The van der Waals surface area contributed by atoms with Gasteiger partial charge in [0.1, 0.15) is 11.0 Å². The van der Waals surface area contributed by atoms with Crippen molar-refractivity contribution in [1.82, 2.24) is 24.1 Å². The van der Waals surface area contributed by atoms with Gasteiger partial charge in [-0.3, -0.25) is 4.40 Å². The van der Waals surface area contributed by atoms with Crippen LogP contribution in [0.25, 0.3) is 5.65 Å². The van der Waals surface area contributed by atoms with Gasteiger partial charge in [0.25, 0.3) is 0 Å². The predicted octanol–water partition coefficient (Wildman–Crippen LogP) is 4.08. The number of halogens is 5. The minimum absolute atomic E-state index is 0.112. The lowest BCUT2D eigenvalue weighted by Gasteiger charge is -2.08. The normalized spacial score (nSPS) is 12.3. The molecule has 3 rings (SSSR count). The van der Waals surface area contributed by atoms with Crippen molar-refractivity contribution in [3.05, 3.63) is 40.0 Å². The van der Waals surface area contributed by atoms with Gasteiger partial charge in [-0.1, -0.05) is 35.0 Å². The molecule has 0 saturated carbocycles. The van der Waals surface area contributed by atoms with Crippen LogP contribution in [0.5, 0.6) is 0 Å². The van der Waals surface area contributed by atoms with Crippen molar-refractivity contribution in [2.45, 2.75) is 17.1 Å². The van der Waals surface area contributed by atoms with Crippen molar-refractivity contribution >= 4 is 40.6 Å². The maximum absolute atomic E-state index is 12.9. The number of thioether (sulfide) groups is 1. The quantitative estimate of drug-likeness (QED) is 0.641. The molecule has 11 heteroatoms. The Morgan fingerprint density at radius 1 is 1.26 bits per heavy atom. The first-order chi connectivity index (χ1) is 10.8. The average Bonchev–Trinajstić information content (AvgIpc) is 3.02. The molecule has 3 aromatic rings. The highest BCUT2D eigenvalue weighted by atomic mass is 35.5. The van der Waals surface area contributed by atoms with E-state index in [4.69, 9.17) is 23.2 Å². The zero-order chi connectivity index (χ0) is 16.8. The molecule has 3 aromatic heterocycles. The second kappa shape index (κ2) is 5.88. The number of hydrogen-bond acceptors (Lipinski definition) is 4. The summed E-state index contributed by atoms with van der Waals surface area (Å²) in [5, 5.41) is 8.35. The predicted molar refractivity (Wildman–Crippen MR) is 80.8 cm³/mol. The summed E-state index contributed by atoms with van der Waals surface area (Å²) in [4.78, 5) is 4.12. The highest BCUT2D eigenvalue weighted by molar-refractivity contribution is 7.98. The van der Waals surface area contributed by atoms with Crippen LogP contribution in [0.2, 0.25) is 10.2 Å². The second-order valence-electron chi connectivity index (χ2n) is 4.60. The molecule has 23 heavy (non-hydrogen) atoms. The van der Waals surface area contributed by atoms with Crippen LogP contribution in [0.4, 0.5) is 13.2 Å². The summed E-state index contributed by atoms with van der Waals surface area (Å²) in [6.45, 7) is 0. The van der Waals surface area contributed by atoms with Gasteiger partial charge in [-0.15, -0.1) is 10.2 Å². The minimum atomic E-state index is -4.50. The SMILES string of the molecule is Cn1c(Cl)cnc1CSc1nnc2c(Cl)cc(C(F)(F)F)cn12. The number of nitrogens with zero attached hydrogens (tertiary/aromatic N) is 5. The molecule has 5 nitrogen and oxygen atoms in total. The highest BCUT2D eigenvalue weighted by Crippen LogP contribution is 2.33. The number of rotatable bonds is 3. The number of hydrogen-bond donors (Lipinski definition) is 0. The van der Waals surface area contributed by atoms with Crippen molar-refractivity contribution in [1.29, 1.82) is 0 Å². The lowest BCUT2D eigenvalue weighted by Crippen LogP contribution is -2.07. The topological polar surface area (TPSA) is 48.0 Å². The first kappa shape index (κ1) is 16.4. The molecule has 0 radical (unpaired) electrons. The van der Waals surface area contributed by atoms with Crippen LogP contribution < -0.4 is 0 Å². The Hall–Kier alpha value is -1.45. The van der Waals surface area contributed by atoms with E-state index in [2.05, 4.69) is 15.2 Å². The molecule has 0 spiro atoms. The molecule has 0 atom stereocenters. The van der Waals surface area contributed by atoms with E-state index in [1.54, 1.807) is 11.6 Å². The van der Waals surface area contributed by atoms with Crippen molar-refractivity contribution in [2.24, 2.45) is 7.05 Å². The second-order valence-corrected chi connectivity index (χ2v) is 6.33. The van der Waals surface area contributed by atoms with Gasteiger partial charge in [0, 0.05) is 13.2 Å². The molecule has 0 amide bonds. The number of pyridine rings is 1. The van der Waals surface area contributed by atoms with Gasteiger partial charge in [0.2, 0.25) is 0 Å². The third-order valence-corrected chi connectivity index (χ3v) is 4.68. The van der Waals surface area contributed by atoms with Gasteiger partial charge < -0.3 is 4.57 Å². The molecule has 0 bridgehead atoms. The first-order valence-corrected chi connectivity index (χ1v) is 7.92. The zero-order valence-electron chi connectivity index (χ0n) is 11.5. The van der Waals surface area contributed by atoms with Crippen LogP contribution in [0.1, 0.15) is 11.4 Å². The van der Waals surface area contributed by atoms with Crippen molar-refractivity contribution in [3.8, 4) is 0 Å². The van der Waals surface area contributed by atoms with Gasteiger partial charge in [-0.2, -0.15) is 13.2 Å². The Labute approximate surface area is 142 Å². The molecule has 122 valence electrons. The summed E-state index contributed by atoms with van der Waals surface area (Å²) in [5.74, 6) is 1.03. The fourth-order valence-electron chi connectivity index (χ4n) is 1.87. The Morgan fingerprint density at radius 3 is 2.61 bits per heavy atom. The molecule has 0 aliphatic rings. The molecule has 0 aromatic carbocycles. The van der Waals surface area contributed by atoms with Crippen molar-refractivity contribution in [2.75, 3.05) is 0 Å². The fourth-order valence-corrected chi connectivity index (χ4v) is 3.17. The Balaban J connectivity index is 1.95. The van der Waals surface area contributed by atoms with Crippen molar-refractivity contribution in [3.63, 3.8) is 0 Å². The fraction of sp³-hybridized carbons (Fsp3) is 0.250. The van der Waals surface area contributed by atoms with Gasteiger partial charge in [-0.25, -0.2) is 4.98 Å². The van der Waals surface area contributed by atoms with Crippen LogP contribution in [-0.4, -0.2) is 24.1 Å². The maximum atomic E-state index is 12.9. The average molecular weight is 382 g/mol. The van der Waals surface area contributed by atoms with Gasteiger partial charge in [0.15, 0.2) is 10.8 Å². The lowest BCUT2D eigenvalue weighted by atomic mass is 10.3. The Kier molecular flexibility index (Phi) is 4.19. The molecule has 0 fully saturated rings. The summed E-state index contributed by atoms with van der Waals surface area (Å²) in [5.41, 5.74) is -0.697. The molecule has 0 saturated heterocycles. The molecule has 0 aliphatic carbocycles. The number of fused-ring (bicyclic) bond motifs is 1. The molecular weight excluding hydrogens is 374 g/mol. The molecule has 3 heterocycles. The van der Waals surface area contributed by atoms with E-state index in [-0.39, 0.29) is 15.8 Å². The van der Waals surface area contributed by atoms with Crippen LogP contribution in [0.15, 0.2) is 23.6 Å². The standard InChI is InChI=1S/C12H8Cl2F3N5S/c1-21-8(14)3-18-9(21)5-23-11-20-19-10-7(13)2-6(4-22(10)11)12(15,16)17/h2-4H,5H2,1H3. The van der Waals surface area contributed by atoms with E-state index < -0.39 is 11.7 Å². The summed E-state index contributed by atoms with van der Waals surface area (Å²) in [7, 11) is 1.74. The van der Waals surface area contributed by atoms with E-state index in [0.29, 0.717) is 16.7 Å². The van der Waals surface area contributed by atoms with E-state index in [1.807, 2.05) is 0 Å². The lowest BCUT2D eigenvalue weighted by molar-refractivity contribution is -0.137. The summed E-state index contributed by atoms with van der Waals surface area (Å²) in [6, 6.07) is 0.832. The molecule has 0 N–H and O–H groups in total. The third kappa shape index (κ3) is 3.13. The molecular formula is C12H8Cl2F3N5S. The van der Waals surface area contributed by atoms with Crippen LogP contribution in [0, 0.1) is 0 Å². The van der Waals surface area contributed by atoms with Crippen molar-refractivity contribution < 1.29 is 13.2 Å². The minimum Gasteiger partial charge on any atom is -0.322 e. The summed E-state index contributed by atoms with van der Waals surface area (Å²) >= 11 is 12.9. The highest BCUT2D eigenvalue weighted by Gasteiger charge is 2.32. The van der Waals surface area contributed by atoms with Gasteiger partial charge in [-0.05, 0) is 6.07 Å². The van der Waals surface area contributed by atoms with E-state index in [0.717, 1.165) is 12.3 Å². The maximum Gasteiger partial charge on any atom is 0.417 e. The van der Waals surface area contributed by atoms with E-state index >= 15 is 0 Å². The largest absolute Gasteiger partial charge is 0.417 e. The molecule has 0 unspecified atom stereocenters. The number of imidazole rings is 1. The summed E-state index contributed by atoms with van der Waals surface area (Å²) in [6.07, 6.45) is -2.08. The Bertz CT molecular complexity index is 874. The van der Waals surface area contributed by atoms with E-state index in [1.165, 1.54) is 22.4 Å². The van der Waals surface area contributed by atoms with Crippen LogP contribution in [0.3, 0.4) is 0 Å².